The third-order valence-corrected chi connectivity index (χ3v) is 5.03. The number of rotatable bonds is 5. The van der Waals surface area contributed by atoms with E-state index in [9.17, 15) is 4.79 Å². The maximum Gasteiger partial charge on any atom is 0.291 e. The molecule has 3 nitrogen and oxygen atoms in total. The fraction of sp³-hybridized carbons (Fsp3) is 0.105. The Labute approximate surface area is 153 Å². The van der Waals surface area contributed by atoms with E-state index >= 15 is 0 Å². The summed E-state index contributed by atoms with van der Waals surface area (Å²) >= 11 is 4.95. The molecule has 3 rings (SSSR count). The van der Waals surface area contributed by atoms with Gasteiger partial charge in [-0.05, 0) is 54.4 Å². The zero-order valence-electron chi connectivity index (χ0n) is 13.1. The number of halogens is 1. The highest BCUT2D eigenvalue weighted by Crippen LogP contribution is 2.26. The Kier molecular flexibility index (Phi) is 5.43. The SMILES string of the molecule is Cc1ccccc1CSc1ccc(C(=O)Nc2ccc(Br)cc2)o1. The number of benzene rings is 2. The number of carbonyl (C=O) groups excluding carboxylic acids is 1. The summed E-state index contributed by atoms with van der Waals surface area (Å²) in [5, 5.41) is 3.55. The number of thioether (sulfide) groups is 1. The van der Waals surface area contributed by atoms with Crippen molar-refractivity contribution in [3.63, 3.8) is 0 Å². The van der Waals surface area contributed by atoms with Crippen molar-refractivity contribution in [3.8, 4) is 0 Å². The summed E-state index contributed by atoms with van der Waals surface area (Å²) in [6.45, 7) is 2.09. The van der Waals surface area contributed by atoms with Gasteiger partial charge in [0.2, 0.25) is 0 Å². The van der Waals surface area contributed by atoms with Gasteiger partial charge in [-0.3, -0.25) is 4.79 Å². The summed E-state index contributed by atoms with van der Waals surface area (Å²) in [7, 11) is 0. The number of amides is 1. The molecule has 0 saturated heterocycles. The monoisotopic (exact) mass is 401 g/mol. The first-order valence-electron chi connectivity index (χ1n) is 7.46. The van der Waals surface area contributed by atoms with Gasteiger partial charge in [-0.25, -0.2) is 0 Å². The molecule has 0 aliphatic carbocycles. The van der Waals surface area contributed by atoms with Crippen LogP contribution in [0.5, 0.6) is 0 Å². The van der Waals surface area contributed by atoms with Crippen molar-refractivity contribution in [1.29, 1.82) is 0 Å². The molecule has 24 heavy (non-hydrogen) atoms. The molecule has 0 aliphatic rings. The third kappa shape index (κ3) is 4.30. The van der Waals surface area contributed by atoms with Gasteiger partial charge in [-0.15, -0.1) is 0 Å². The number of hydrogen-bond acceptors (Lipinski definition) is 3. The zero-order chi connectivity index (χ0) is 16.9. The summed E-state index contributed by atoms with van der Waals surface area (Å²) in [6.07, 6.45) is 0. The molecule has 0 atom stereocenters. The fourth-order valence-corrected chi connectivity index (χ4v) is 3.37. The summed E-state index contributed by atoms with van der Waals surface area (Å²) in [4.78, 5) is 12.2. The first-order chi connectivity index (χ1) is 11.6. The third-order valence-electron chi connectivity index (χ3n) is 3.54. The molecule has 0 bridgehead atoms. The highest BCUT2D eigenvalue weighted by Gasteiger charge is 2.12. The van der Waals surface area contributed by atoms with Crippen LogP contribution < -0.4 is 5.32 Å². The molecule has 1 N–H and O–H groups in total. The zero-order valence-corrected chi connectivity index (χ0v) is 15.5. The minimum atomic E-state index is -0.250. The van der Waals surface area contributed by atoms with E-state index < -0.39 is 0 Å². The highest BCUT2D eigenvalue weighted by atomic mass is 79.9. The molecular weight excluding hydrogens is 386 g/mol. The van der Waals surface area contributed by atoms with Gasteiger partial charge < -0.3 is 9.73 Å². The first-order valence-corrected chi connectivity index (χ1v) is 9.24. The lowest BCUT2D eigenvalue weighted by atomic mass is 10.1. The van der Waals surface area contributed by atoms with Crippen molar-refractivity contribution >= 4 is 39.3 Å². The van der Waals surface area contributed by atoms with Crippen molar-refractivity contribution in [2.45, 2.75) is 17.8 Å². The molecule has 5 heteroatoms. The molecule has 0 aliphatic heterocycles. The van der Waals surface area contributed by atoms with Gasteiger partial charge in [0.1, 0.15) is 0 Å². The van der Waals surface area contributed by atoms with Crippen LogP contribution in [0, 0.1) is 6.92 Å². The molecule has 1 heterocycles. The minimum Gasteiger partial charge on any atom is -0.445 e. The Balaban J connectivity index is 1.61. The summed E-state index contributed by atoms with van der Waals surface area (Å²) < 4.78 is 6.61. The Bertz CT molecular complexity index is 843. The Hall–Kier alpha value is -1.98. The molecule has 0 fully saturated rings. The van der Waals surface area contributed by atoms with E-state index in [4.69, 9.17) is 4.42 Å². The van der Waals surface area contributed by atoms with Gasteiger partial charge in [0.05, 0.1) is 0 Å². The van der Waals surface area contributed by atoms with Gasteiger partial charge in [0, 0.05) is 15.9 Å². The van der Waals surface area contributed by atoms with E-state index in [1.807, 2.05) is 42.5 Å². The first kappa shape index (κ1) is 16.9. The lowest BCUT2D eigenvalue weighted by molar-refractivity contribution is 0.0992. The van der Waals surface area contributed by atoms with Gasteiger partial charge in [-0.2, -0.15) is 0 Å². The average Bonchev–Trinajstić information content (AvgIpc) is 3.05. The number of anilines is 1. The summed E-state index contributed by atoms with van der Waals surface area (Å²) in [5.74, 6) is 0.874. The van der Waals surface area contributed by atoms with E-state index in [0.29, 0.717) is 5.76 Å². The second kappa shape index (κ2) is 7.73. The predicted octanol–water partition coefficient (Wildman–Crippen LogP) is 5.90. The maximum atomic E-state index is 12.2. The minimum absolute atomic E-state index is 0.250. The van der Waals surface area contributed by atoms with Crippen LogP contribution in [0.3, 0.4) is 0 Å². The lowest BCUT2D eigenvalue weighted by Crippen LogP contribution is -2.10. The number of carbonyl (C=O) groups is 1. The molecule has 1 aromatic heterocycles. The van der Waals surface area contributed by atoms with E-state index in [1.54, 1.807) is 17.8 Å². The Morgan fingerprint density at radius 1 is 1.08 bits per heavy atom. The van der Waals surface area contributed by atoms with Crippen LogP contribution in [-0.4, -0.2) is 5.91 Å². The number of aryl methyl sites for hydroxylation is 1. The molecule has 0 radical (unpaired) electrons. The number of nitrogens with one attached hydrogen (secondary N) is 1. The second-order valence-corrected chi connectivity index (χ2v) is 7.19. The van der Waals surface area contributed by atoms with Crippen LogP contribution >= 0.6 is 27.7 Å². The smallest absolute Gasteiger partial charge is 0.291 e. The van der Waals surface area contributed by atoms with E-state index in [1.165, 1.54) is 11.1 Å². The largest absolute Gasteiger partial charge is 0.445 e. The fourth-order valence-electron chi connectivity index (χ4n) is 2.17. The predicted molar refractivity (Wildman–Crippen MR) is 102 cm³/mol. The van der Waals surface area contributed by atoms with Crippen LogP contribution in [0.15, 0.2) is 74.6 Å². The Morgan fingerprint density at radius 3 is 2.58 bits per heavy atom. The van der Waals surface area contributed by atoms with Crippen molar-refractivity contribution in [2.24, 2.45) is 0 Å². The van der Waals surface area contributed by atoms with Crippen LogP contribution in [0.25, 0.3) is 0 Å². The lowest BCUT2D eigenvalue weighted by Gasteiger charge is -2.04. The molecular formula is C19H16BrNO2S. The van der Waals surface area contributed by atoms with Gasteiger partial charge in [-0.1, -0.05) is 52.0 Å². The Morgan fingerprint density at radius 2 is 1.83 bits per heavy atom. The molecule has 0 unspecified atom stereocenters. The maximum absolute atomic E-state index is 12.2. The number of furan rings is 1. The average molecular weight is 402 g/mol. The normalized spacial score (nSPS) is 10.6. The molecule has 0 saturated carbocycles. The van der Waals surface area contributed by atoms with E-state index in [2.05, 4.69) is 40.3 Å². The standard InChI is InChI=1S/C19H16BrNO2S/c1-13-4-2-3-5-14(13)12-24-18-11-10-17(23-18)19(22)21-16-8-6-15(20)7-9-16/h2-11H,12H2,1H3,(H,21,22). The quantitative estimate of drug-likeness (QED) is 0.541. The van der Waals surface area contributed by atoms with Gasteiger partial charge in [0.25, 0.3) is 5.91 Å². The molecule has 3 aromatic rings. The molecule has 1 amide bonds. The van der Waals surface area contributed by atoms with Crippen LogP contribution in [0.2, 0.25) is 0 Å². The second-order valence-electron chi connectivity index (χ2n) is 5.29. The van der Waals surface area contributed by atoms with Gasteiger partial charge in [0.15, 0.2) is 10.9 Å². The molecule has 0 spiro atoms. The van der Waals surface area contributed by atoms with Crippen molar-refractivity contribution in [1.82, 2.24) is 0 Å². The summed E-state index contributed by atoms with van der Waals surface area (Å²) in [6, 6.07) is 19.2. The van der Waals surface area contributed by atoms with Crippen molar-refractivity contribution in [3.05, 3.63) is 82.0 Å². The van der Waals surface area contributed by atoms with Gasteiger partial charge >= 0.3 is 0 Å². The van der Waals surface area contributed by atoms with E-state index in [-0.39, 0.29) is 5.91 Å². The highest BCUT2D eigenvalue weighted by molar-refractivity contribution is 9.10. The van der Waals surface area contributed by atoms with Crippen LogP contribution in [0.1, 0.15) is 21.7 Å². The molecule has 122 valence electrons. The number of hydrogen-bond donors (Lipinski definition) is 1. The summed E-state index contributed by atoms with van der Waals surface area (Å²) in [5.41, 5.74) is 3.25. The van der Waals surface area contributed by atoms with Crippen molar-refractivity contribution < 1.29 is 9.21 Å². The topological polar surface area (TPSA) is 42.2 Å². The van der Waals surface area contributed by atoms with Crippen molar-refractivity contribution in [2.75, 3.05) is 5.32 Å². The van der Waals surface area contributed by atoms with Crippen LogP contribution in [-0.2, 0) is 5.75 Å². The molecule has 2 aromatic carbocycles. The van der Waals surface area contributed by atoms with Crippen LogP contribution in [0.4, 0.5) is 5.69 Å². The van der Waals surface area contributed by atoms with E-state index in [0.717, 1.165) is 21.0 Å².